The van der Waals surface area contributed by atoms with Crippen molar-refractivity contribution < 1.29 is 0 Å². The molecule has 0 amide bonds. The van der Waals surface area contributed by atoms with Crippen molar-refractivity contribution in [3.05, 3.63) is 36.1 Å². The zero-order valence-electron chi connectivity index (χ0n) is 10.4. The highest BCUT2D eigenvalue weighted by atomic mass is 15.2. The number of hydrogen-bond donors (Lipinski definition) is 0. The highest BCUT2D eigenvalue weighted by molar-refractivity contribution is 5.24. The lowest BCUT2D eigenvalue weighted by molar-refractivity contribution is 0.234. The van der Waals surface area contributed by atoms with Crippen LogP contribution in [0, 0.1) is 0 Å². The van der Waals surface area contributed by atoms with Crippen molar-refractivity contribution in [1.29, 1.82) is 0 Å². The Hall–Kier alpha value is -0.980. The van der Waals surface area contributed by atoms with Gasteiger partial charge in [-0.2, -0.15) is 0 Å². The number of nitrogens with zero attached hydrogens (tertiary/aromatic N) is 1. The van der Waals surface area contributed by atoms with Gasteiger partial charge in [0, 0.05) is 18.3 Å². The lowest BCUT2D eigenvalue weighted by Gasteiger charge is -2.34. The highest BCUT2D eigenvalue weighted by Gasteiger charge is 2.17. The third-order valence-corrected chi connectivity index (χ3v) is 2.23. The van der Waals surface area contributed by atoms with Crippen LogP contribution in [0.4, 0.5) is 0 Å². The normalized spacial score (nSPS) is 13.4. The Morgan fingerprint density at radius 2 is 1.71 bits per heavy atom. The van der Waals surface area contributed by atoms with E-state index in [2.05, 4.69) is 58.4 Å². The minimum absolute atomic E-state index is 0.154. The van der Waals surface area contributed by atoms with Gasteiger partial charge in [-0.15, -0.1) is 0 Å². The average molecular weight is 193 g/mol. The van der Waals surface area contributed by atoms with Crippen molar-refractivity contribution in [2.45, 2.75) is 40.2 Å². The molecule has 0 unspecified atom stereocenters. The fraction of sp³-hybridized carbons (Fsp3) is 0.538. The second-order valence-electron chi connectivity index (χ2n) is 4.62. The third kappa shape index (κ3) is 4.31. The van der Waals surface area contributed by atoms with Crippen molar-refractivity contribution in [2.24, 2.45) is 0 Å². The maximum atomic E-state index is 3.85. The van der Waals surface area contributed by atoms with E-state index in [4.69, 9.17) is 0 Å². The molecule has 0 aliphatic heterocycles. The number of allylic oxidation sites excluding steroid dienone is 4. The molecule has 0 heterocycles. The Balaban J connectivity index is 4.69. The van der Waals surface area contributed by atoms with Gasteiger partial charge in [-0.25, -0.2) is 0 Å². The summed E-state index contributed by atoms with van der Waals surface area (Å²) >= 11 is 0. The second-order valence-corrected chi connectivity index (χ2v) is 4.62. The summed E-state index contributed by atoms with van der Waals surface area (Å²) in [5.74, 6) is 0. The van der Waals surface area contributed by atoms with E-state index in [9.17, 15) is 0 Å². The van der Waals surface area contributed by atoms with E-state index in [0.717, 1.165) is 5.57 Å². The molecule has 0 bridgehead atoms. The van der Waals surface area contributed by atoms with Gasteiger partial charge in [0.05, 0.1) is 0 Å². The summed E-state index contributed by atoms with van der Waals surface area (Å²) in [6.07, 6.45) is 6.26. The Morgan fingerprint density at radius 3 is 2.00 bits per heavy atom. The maximum absolute atomic E-state index is 3.85. The topological polar surface area (TPSA) is 3.24 Å². The van der Waals surface area contributed by atoms with E-state index >= 15 is 0 Å². The van der Waals surface area contributed by atoms with Crippen molar-refractivity contribution in [1.82, 2.24) is 4.90 Å². The molecule has 0 aromatic heterocycles. The first-order chi connectivity index (χ1) is 6.29. The summed E-state index contributed by atoms with van der Waals surface area (Å²) < 4.78 is 0. The molecule has 1 nitrogen and oxygen atoms in total. The number of likely N-dealkylation sites (N-methyl/N-ethyl adjacent to an activating group) is 1. The van der Waals surface area contributed by atoms with Crippen molar-refractivity contribution in [2.75, 3.05) is 7.05 Å². The predicted octanol–water partition coefficient (Wildman–Crippen LogP) is 3.75. The molecule has 80 valence electrons. The van der Waals surface area contributed by atoms with Gasteiger partial charge in [0.2, 0.25) is 0 Å². The average Bonchev–Trinajstić information content (AvgIpc) is 2.03. The number of hydrogen-bond acceptors (Lipinski definition) is 1. The van der Waals surface area contributed by atoms with Gasteiger partial charge in [-0.3, -0.25) is 0 Å². The molecule has 0 saturated carbocycles. The van der Waals surface area contributed by atoms with E-state index in [1.165, 1.54) is 5.70 Å². The van der Waals surface area contributed by atoms with Gasteiger partial charge in [-0.05, 0) is 40.7 Å². The standard InChI is InChI=1S/C13H23N/c1-8-12(10-9-11(2)3)14(7)13(4,5)6/h8-10H,2H2,1,3-7H3/b10-9-,12-8+. The predicted molar refractivity (Wildman–Crippen MR) is 65.2 cm³/mol. The first-order valence-corrected chi connectivity index (χ1v) is 5.02. The Bertz CT molecular complexity index is 251. The first kappa shape index (κ1) is 13.0. The SMILES string of the molecule is C=C(C)/C=C\C(=C/C)N(C)C(C)(C)C. The third-order valence-electron chi connectivity index (χ3n) is 2.23. The lowest BCUT2D eigenvalue weighted by Crippen LogP contribution is -2.36. The van der Waals surface area contributed by atoms with Gasteiger partial charge >= 0.3 is 0 Å². The van der Waals surface area contributed by atoms with E-state index in [0.29, 0.717) is 0 Å². The summed E-state index contributed by atoms with van der Waals surface area (Å²) in [7, 11) is 2.11. The van der Waals surface area contributed by atoms with E-state index in [1.54, 1.807) is 0 Å². The lowest BCUT2D eigenvalue weighted by atomic mass is 10.1. The van der Waals surface area contributed by atoms with Crippen LogP contribution < -0.4 is 0 Å². The molecule has 0 aromatic carbocycles. The molecule has 0 spiro atoms. The molecule has 0 aliphatic carbocycles. The molecule has 0 atom stereocenters. The van der Waals surface area contributed by atoms with Crippen LogP contribution in [0.15, 0.2) is 36.1 Å². The van der Waals surface area contributed by atoms with Crippen LogP contribution in [-0.4, -0.2) is 17.5 Å². The maximum Gasteiger partial charge on any atom is 0.0324 e. The van der Waals surface area contributed by atoms with Crippen LogP contribution in [0.3, 0.4) is 0 Å². The van der Waals surface area contributed by atoms with Crippen molar-refractivity contribution in [3.63, 3.8) is 0 Å². The van der Waals surface area contributed by atoms with Crippen molar-refractivity contribution in [3.8, 4) is 0 Å². The smallest absolute Gasteiger partial charge is 0.0324 e. The van der Waals surface area contributed by atoms with Crippen LogP contribution in [-0.2, 0) is 0 Å². The van der Waals surface area contributed by atoms with Crippen LogP contribution >= 0.6 is 0 Å². The molecule has 0 aliphatic rings. The van der Waals surface area contributed by atoms with Crippen LogP contribution in [0.5, 0.6) is 0 Å². The summed E-state index contributed by atoms with van der Waals surface area (Å²) in [4.78, 5) is 2.26. The first-order valence-electron chi connectivity index (χ1n) is 5.02. The molecule has 0 aromatic rings. The minimum atomic E-state index is 0.154. The molecule has 0 rings (SSSR count). The summed E-state index contributed by atoms with van der Waals surface area (Å²) in [5, 5.41) is 0. The van der Waals surface area contributed by atoms with Gasteiger partial charge in [-0.1, -0.05) is 24.3 Å². The molecule has 0 saturated heterocycles. The molecule has 1 heteroatoms. The summed E-state index contributed by atoms with van der Waals surface area (Å²) in [5.41, 5.74) is 2.45. The fourth-order valence-electron chi connectivity index (χ4n) is 1.02. The number of rotatable bonds is 3. The van der Waals surface area contributed by atoms with Gasteiger partial charge in [0.1, 0.15) is 0 Å². The largest absolute Gasteiger partial charge is 0.370 e. The monoisotopic (exact) mass is 193 g/mol. The molecule has 0 fully saturated rings. The molecular formula is C13H23N. The van der Waals surface area contributed by atoms with Crippen LogP contribution in [0.25, 0.3) is 0 Å². The van der Waals surface area contributed by atoms with Crippen molar-refractivity contribution >= 4 is 0 Å². The van der Waals surface area contributed by atoms with Crippen LogP contribution in [0.1, 0.15) is 34.6 Å². The summed E-state index contributed by atoms with van der Waals surface area (Å²) in [6, 6.07) is 0. The molecule has 14 heavy (non-hydrogen) atoms. The molecular weight excluding hydrogens is 170 g/mol. The molecule has 0 radical (unpaired) electrons. The zero-order chi connectivity index (χ0) is 11.4. The van der Waals surface area contributed by atoms with Gasteiger partial charge < -0.3 is 4.90 Å². The second kappa shape index (κ2) is 5.04. The van der Waals surface area contributed by atoms with E-state index in [1.807, 2.05) is 13.0 Å². The fourth-order valence-corrected chi connectivity index (χ4v) is 1.02. The quantitative estimate of drug-likeness (QED) is 0.617. The van der Waals surface area contributed by atoms with Crippen LogP contribution in [0.2, 0.25) is 0 Å². The Labute approximate surface area is 88.8 Å². The minimum Gasteiger partial charge on any atom is -0.370 e. The van der Waals surface area contributed by atoms with Gasteiger partial charge in [0.25, 0.3) is 0 Å². The van der Waals surface area contributed by atoms with E-state index < -0.39 is 0 Å². The Morgan fingerprint density at radius 1 is 1.21 bits per heavy atom. The highest BCUT2D eigenvalue weighted by Crippen LogP contribution is 2.18. The summed E-state index contributed by atoms with van der Waals surface area (Å²) in [6.45, 7) is 14.5. The molecule has 0 N–H and O–H groups in total. The zero-order valence-corrected chi connectivity index (χ0v) is 10.4. The Kier molecular flexibility index (Phi) is 4.69. The van der Waals surface area contributed by atoms with E-state index in [-0.39, 0.29) is 5.54 Å². The van der Waals surface area contributed by atoms with Gasteiger partial charge in [0.15, 0.2) is 0 Å².